The highest BCUT2D eigenvalue weighted by atomic mass is 32.2. The molecule has 0 radical (unpaired) electrons. The summed E-state index contributed by atoms with van der Waals surface area (Å²) >= 11 is 0. The molecule has 9 nitrogen and oxygen atoms in total. The SMILES string of the molecule is COc1cc(C=Cc2cc(OC)c(OC)c(OC)c2)cc(NS(=O)(=O)c2ccc(OC(F)(F)F)cc2)c1OC. The predicted molar refractivity (Wildman–Crippen MR) is 139 cm³/mol. The number of benzene rings is 3. The molecule has 0 aliphatic heterocycles. The molecule has 0 aromatic heterocycles. The third-order valence-electron chi connectivity index (χ3n) is 5.27. The Hall–Kier alpha value is -4.26. The maximum atomic E-state index is 13.0. The number of alkyl halides is 3. The number of hydrogen-bond acceptors (Lipinski definition) is 8. The van der Waals surface area contributed by atoms with Gasteiger partial charge in [-0.05, 0) is 59.7 Å². The Morgan fingerprint density at radius 3 is 1.59 bits per heavy atom. The van der Waals surface area contributed by atoms with Gasteiger partial charge in [-0.2, -0.15) is 0 Å². The molecular weight excluding hydrogens is 543 g/mol. The minimum Gasteiger partial charge on any atom is -0.493 e. The van der Waals surface area contributed by atoms with E-state index in [4.69, 9.17) is 23.7 Å². The molecule has 0 spiro atoms. The number of hydrogen-bond donors (Lipinski definition) is 1. The summed E-state index contributed by atoms with van der Waals surface area (Å²) in [6, 6.07) is 10.4. The highest BCUT2D eigenvalue weighted by molar-refractivity contribution is 7.92. The Morgan fingerprint density at radius 2 is 1.15 bits per heavy atom. The smallest absolute Gasteiger partial charge is 0.493 e. The van der Waals surface area contributed by atoms with Crippen LogP contribution in [0.1, 0.15) is 11.1 Å². The number of anilines is 1. The molecule has 0 saturated carbocycles. The summed E-state index contributed by atoms with van der Waals surface area (Å²) in [5, 5.41) is 0. The Balaban J connectivity index is 1.97. The van der Waals surface area contributed by atoms with Gasteiger partial charge in [-0.1, -0.05) is 12.2 Å². The van der Waals surface area contributed by atoms with Crippen LogP contribution in [-0.4, -0.2) is 50.3 Å². The molecule has 210 valence electrons. The molecule has 0 heterocycles. The second-order valence-corrected chi connectivity index (χ2v) is 9.40. The first-order chi connectivity index (χ1) is 18.4. The molecule has 0 amide bonds. The van der Waals surface area contributed by atoms with Crippen LogP contribution in [0.25, 0.3) is 12.2 Å². The van der Waals surface area contributed by atoms with Crippen molar-refractivity contribution in [1.29, 1.82) is 0 Å². The zero-order valence-corrected chi connectivity index (χ0v) is 22.4. The van der Waals surface area contributed by atoms with Crippen molar-refractivity contribution in [2.75, 3.05) is 40.3 Å². The second-order valence-electron chi connectivity index (χ2n) is 7.72. The van der Waals surface area contributed by atoms with Gasteiger partial charge < -0.3 is 28.4 Å². The highest BCUT2D eigenvalue weighted by Crippen LogP contribution is 2.40. The fourth-order valence-electron chi connectivity index (χ4n) is 3.57. The molecule has 0 bridgehead atoms. The first-order valence-electron chi connectivity index (χ1n) is 11.1. The minimum absolute atomic E-state index is 0.0389. The van der Waals surface area contributed by atoms with Crippen LogP contribution in [0.15, 0.2) is 53.4 Å². The molecule has 3 rings (SSSR count). The van der Waals surface area contributed by atoms with Gasteiger partial charge >= 0.3 is 6.36 Å². The van der Waals surface area contributed by atoms with Gasteiger partial charge in [-0.15, -0.1) is 13.2 Å². The lowest BCUT2D eigenvalue weighted by Crippen LogP contribution is -2.17. The Bertz CT molecular complexity index is 1410. The van der Waals surface area contributed by atoms with Crippen LogP contribution < -0.4 is 33.1 Å². The molecule has 0 aliphatic rings. The maximum absolute atomic E-state index is 13.0. The van der Waals surface area contributed by atoms with Crippen molar-refractivity contribution < 1.29 is 50.0 Å². The largest absolute Gasteiger partial charge is 0.573 e. The van der Waals surface area contributed by atoms with Crippen LogP contribution in [0.2, 0.25) is 0 Å². The van der Waals surface area contributed by atoms with Crippen molar-refractivity contribution >= 4 is 27.9 Å². The normalized spacial score (nSPS) is 11.7. The number of rotatable bonds is 11. The van der Waals surface area contributed by atoms with E-state index in [1.54, 1.807) is 30.4 Å². The van der Waals surface area contributed by atoms with E-state index in [1.807, 2.05) is 0 Å². The third kappa shape index (κ3) is 7.19. The minimum atomic E-state index is -4.90. The van der Waals surface area contributed by atoms with E-state index in [0.717, 1.165) is 24.3 Å². The second kappa shape index (κ2) is 12.1. The Kier molecular flexibility index (Phi) is 9.07. The van der Waals surface area contributed by atoms with Gasteiger partial charge in [0.2, 0.25) is 5.75 Å². The molecule has 13 heteroatoms. The van der Waals surface area contributed by atoms with Crippen LogP contribution in [0.3, 0.4) is 0 Å². The van der Waals surface area contributed by atoms with E-state index in [0.29, 0.717) is 28.4 Å². The van der Waals surface area contributed by atoms with Crippen molar-refractivity contribution in [3.05, 3.63) is 59.7 Å². The molecule has 3 aromatic rings. The lowest BCUT2D eigenvalue weighted by Gasteiger charge is -2.16. The molecule has 0 fully saturated rings. The summed E-state index contributed by atoms with van der Waals surface area (Å²) in [6.45, 7) is 0. The lowest BCUT2D eigenvalue weighted by molar-refractivity contribution is -0.274. The summed E-state index contributed by atoms with van der Waals surface area (Å²) in [4.78, 5) is -0.295. The van der Waals surface area contributed by atoms with Gasteiger partial charge in [0.25, 0.3) is 10.0 Å². The van der Waals surface area contributed by atoms with E-state index in [-0.39, 0.29) is 22.1 Å². The molecule has 1 N–H and O–H groups in total. The number of halogens is 3. The number of ether oxygens (including phenoxy) is 6. The fraction of sp³-hybridized carbons (Fsp3) is 0.231. The van der Waals surface area contributed by atoms with Crippen LogP contribution in [0.5, 0.6) is 34.5 Å². The number of sulfonamides is 1. The first kappa shape index (κ1) is 29.3. The monoisotopic (exact) mass is 569 g/mol. The van der Waals surface area contributed by atoms with Gasteiger partial charge in [-0.25, -0.2) is 8.42 Å². The van der Waals surface area contributed by atoms with Crippen molar-refractivity contribution in [2.45, 2.75) is 11.3 Å². The van der Waals surface area contributed by atoms with E-state index in [9.17, 15) is 21.6 Å². The van der Waals surface area contributed by atoms with E-state index < -0.39 is 22.1 Å². The highest BCUT2D eigenvalue weighted by Gasteiger charge is 2.31. The van der Waals surface area contributed by atoms with Crippen molar-refractivity contribution in [2.24, 2.45) is 0 Å². The molecule has 0 saturated heterocycles. The fourth-order valence-corrected chi connectivity index (χ4v) is 4.63. The lowest BCUT2D eigenvalue weighted by atomic mass is 10.1. The quantitative estimate of drug-likeness (QED) is 0.298. The average molecular weight is 570 g/mol. The van der Waals surface area contributed by atoms with Gasteiger partial charge in [0, 0.05) is 0 Å². The van der Waals surface area contributed by atoms with Crippen molar-refractivity contribution in [1.82, 2.24) is 0 Å². The van der Waals surface area contributed by atoms with E-state index in [1.165, 1.54) is 41.6 Å². The summed E-state index contributed by atoms with van der Waals surface area (Å²) in [7, 11) is 2.98. The number of nitrogens with one attached hydrogen (secondary N) is 1. The predicted octanol–water partition coefficient (Wildman–Crippen LogP) is 5.60. The Labute approximate surface area is 223 Å². The molecule has 0 atom stereocenters. The van der Waals surface area contributed by atoms with E-state index >= 15 is 0 Å². The number of methoxy groups -OCH3 is 5. The van der Waals surface area contributed by atoms with Crippen LogP contribution in [0, 0.1) is 0 Å². The molecule has 0 unspecified atom stereocenters. The maximum Gasteiger partial charge on any atom is 0.573 e. The van der Waals surface area contributed by atoms with Gasteiger partial charge in [0.1, 0.15) is 5.75 Å². The molecule has 3 aromatic carbocycles. The average Bonchev–Trinajstić information content (AvgIpc) is 2.89. The van der Waals surface area contributed by atoms with Gasteiger partial charge in [0.15, 0.2) is 23.0 Å². The summed E-state index contributed by atoms with van der Waals surface area (Å²) < 4.78 is 96.4. The van der Waals surface area contributed by atoms with Crippen LogP contribution in [0.4, 0.5) is 18.9 Å². The van der Waals surface area contributed by atoms with Crippen molar-refractivity contribution in [3.63, 3.8) is 0 Å². The summed E-state index contributed by atoms with van der Waals surface area (Å²) in [5.74, 6) is 1.10. The third-order valence-corrected chi connectivity index (χ3v) is 6.65. The zero-order valence-electron chi connectivity index (χ0n) is 21.6. The van der Waals surface area contributed by atoms with Crippen LogP contribution >= 0.6 is 0 Å². The van der Waals surface area contributed by atoms with Crippen molar-refractivity contribution in [3.8, 4) is 34.5 Å². The van der Waals surface area contributed by atoms with Crippen LogP contribution in [-0.2, 0) is 10.0 Å². The molecular formula is C26H26F3NO8S. The Morgan fingerprint density at radius 1 is 0.692 bits per heavy atom. The first-order valence-corrected chi connectivity index (χ1v) is 12.6. The van der Waals surface area contributed by atoms with Gasteiger partial charge in [0.05, 0.1) is 46.1 Å². The summed E-state index contributed by atoms with van der Waals surface area (Å²) in [6.07, 6.45) is -1.47. The summed E-state index contributed by atoms with van der Waals surface area (Å²) in [5.41, 5.74) is 1.27. The standard InChI is InChI=1S/C26H26F3NO8S/c1-33-21-13-16(6-7-17-14-22(34-2)25(37-5)23(15-17)35-3)12-20(24(21)36-4)30-39(31,32)19-10-8-18(9-11-19)38-26(27,28)29/h6-15,30H,1-5H3. The zero-order chi connectivity index (χ0) is 28.8. The molecule has 0 aliphatic carbocycles. The van der Waals surface area contributed by atoms with Gasteiger partial charge in [-0.3, -0.25) is 4.72 Å². The molecule has 39 heavy (non-hydrogen) atoms. The van der Waals surface area contributed by atoms with E-state index in [2.05, 4.69) is 9.46 Å². The topological polar surface area (TPSA) is 102 Å².